The lowest BCUT2D eigenvalue weighted by Crippen LogP contribution is -2.18. The van der Waals surface area contributed by atoms with Gasteiger partial charge in [0.2, 0.25) is 0 Å². The van der Waals surface area contributed by atoms with Crippen LogP contribution >= 0.6 is 0 Å². The summed E-state index contributed by atoms with van der Waals surface area (Å²) in [5.41, 5.74) is 1.73. The topological polar surface area (TPSA) is 51.1 Å². The molecule has 2 aromatic rings. The minimum Gasteiger partial charge on any atom is -0.384 e. The van der Waals surface area contributed by atoms with Crippen LogP contribution in [0.15, 0.2) is 35.1 Å². The van der Waals surface area contributed by atoms with Crippen LogP contribution in [0.2, 0.25) is 0 Å². The monoisotopic (exact) mass is 278 g/mol. The molecule has 0 saturated heterocycles. The lowest BCUT2D eigenvalue weighted by Gasteiger charge is -2.11. The van der Waals surface area contributed by atoms with Gasteiger partial charge in [0, 0.05) is 53.5 Å². The quantitative estimate of drug-likeness (QED) is 0.847. The van der Waals surface area contributed by atoms with Crippen LogP contribution in [-0.4, -0.2) is 27.3 Å². The summed E-state index contributed by atoms with van der Waals surface area (Å²) in [5, 5.41) is 4.29. The zero-order valence-electron chi connectivity index (χ0n) is 11.2. The van der Waals surface area contributed by atoms with Gasteiger partial charge in [0.05, 0.1) is 5.52 Å². The molecular weight excluding hydrogens is 260 g/mol. The maximum atomic E-state index is 11.9. The van der Waals surface area contributed by atoms with Gasteiger partial charge in [-0.05, 0) is 12.5 Å². The number of aryl methyl sites for hydroxylation is 1. The minimum atomic E-state index is -0.764. The number of hydrogen-bond donors (Lipinski definition) is 1. The van der Waals surface area contributed by atoms with Gasteiger partial charge in [-0.1, -0.05) is 18.2 Å². The van der Waals surface area contributed by atoms with E-state index in [-0.39, 0.29) is 5.56 Å². The molecule has 0 saturated carbocycles. The third-order valence-corrected chi connectivity index (χ3v) is 3.94. The largest absolute Gasteiger partial charge is 0.384 e. The van der Waals surface area contributed by atoms with Crippen molar-refractivity contribution < 1.29 is 4.21 Å². The third kappa shape index (κ3) is 3.23. The Kier molecular flexibility index (Phi) is 4.37. The van der Waals surface area contributed by atoms with Crippen LogP contribution < -0.4 is 10.9 Å². The van der Waals surface area contributed by atoms with Gasteiger partial charge in [-0.2, -0.15) is 0 Å². The Balaban J connectivity index is 2.26. The summed E-state index contributed by atoms with van der Waals surface area (Å²) in [6.45, 7) is 0.719. The maximum Gasteiger partial charge on any atom is 0.252 e. The number of para-hydroxylation sites is 1. The SMILES string of the molecule is Cn1c(=O)cc(NCCCS(C)=O)c2ccccc21. The highest BCUT2D eigenvalue weighted by molar-refractivity contribution is 7.84. The molecule has 1 aromatic carbocycles. The predicted molar refractivity (Wildman–Crippen MR) is 81.2 cm³/mol. The van der Waals surface area contributed by atoms with Crippen molar-refractivity contribution in [3.63, 3.8) is 0 Å². The molecule has 0 aliphatic rings. The van der Waals surface area contributed by atoms with E-state index in [0.717, 1.165) is 29.6 Å². The molecule has 0 fully saturated rings. The van der Waals surface area contributed by atoms with Crippen molar-refractivity contribution in [1.82, 2.24) is 4.57 Å². The number of nitrogens with one attached hydrogen (secondary N) is 1. The van der Waals surface area contributed by atoms with Crippen LogP contribution in [0.1, 0.15) is 6.42 Å². The van der Waals surface area contributed by atoms with E-state index < -0.39 is 10.8 Å². The van der Waals surface area contributed by atoms with E-state index in [1.165, 1.54) is 0 Å². The fourth-order valence-corrected chi connectivity index (χ4v) is 2.61. The summed E-state index contributed by atoms with van der Waals surface area (Å²) in [5.74, 6) is 0.676. The molecule has 1 aromatic heterocycles. The van der Waals surface area contributed by atoms with E-state index in [1.807, 2.05) is 24.3 Å². The van der Waals surface area contributed by atoms with Crippen LogP contribution in [0.25, 0.3) is 10.9 Å². The summed E-state index contributed by atoms with van der Waals surface area (Å²) < 4.78 is 12.6. The van der Waals surface area contributed by atoms with Gasteiger partial charge in [-0.3, -0.25) is 9.00 Å². The summed E-state index contributed by atoms with van der Waals surface area (Å²) in [6.07, 6.45) is 2.53. The van der Waals surface area contributed by atoms with Crippen molar-refractivity contribution in [2.24, 2.45) is 7.05 Å². The van der Waals surface area contributed by atoms with Gasteiger partial charge in [0.25, 0.3) is 5.56 Å². The Morgan fingerprint density at radius 1 is 1.32 bits per heavy atom. The molecule has 19 heavy (non-hydrogen) atoms. The smallest absolute Gasteiger partial charge is 0.252 e. The standard InChI is InChI=1S/C14H18N2O2S/c1-16-13-7-4-3-6-11(13)12(10-14(16)17)15-8-5-9-19(2)18/h3-4,6-7,10,15H,5,8-9H2,1-2H3. The van der Waals surface area contributed by atoms with E-state index in [4.69, 9.17) is 0 Å². The van der Waals surface area contributed by atoms with Crippen molar-refractivity contribution in [2.45, 2.75) is 6.42 Å². The van der Waals surface area contributed by atoms with Crippen molar-refractivity contribution in [3.8, 4) is 0 Å². The first kappa shape index (κ1) is 13.8. The summed E-state index contributed by atoms with van der Waals surface area (Å²) in [7, 11) is 1.01. The molecule has 2 rings (SSSR count). The van der Waals surface area contributed by atoms with Gasteiger partial charge >= 0.3 is 0 Å². The van der Waals surface area contributed by atoms with Crippen molar-refractivity contribution >= 4 is 27.4 Å². The fraction of sp³-hybridized carbons (Fsp3) is 0.357. The van der Waals surface area contributed by atoms with Crippen LogP contribution in [0, 0.1) is 0 Å². The van der Waals surface area contributed by atoms with E-state index in [9.17, 15) is 9.00 Å². The molecule has 0 radical (unpaired) electrons. The predicted octanol–water partition coefficient (Wildman–Crippen LogP) is 1.72. The summed E-state index contributed by atoms with van der Waals surface area (Å²) in [4.78, 5) is 11.9. The van der Waals surface area contributed by atoms with Crippen LogP contribution in [0.3, 0.4) is 0 Å². The van der Waals surface area contributed by atoms with E-state index in [2.05, 4.69) is 5.32 Å². The first-order valence-corrected chi connectivity index (χ1v) is 7.95. The minimum absolute atomic E-state index is 0.0275. The van der Waals surface area contributed by atoms with Gasteiger partial charge in [0.15, 0.2) is 0 Å². The molecule has 5 heteroatoms. The number of benzene rings is 1. The number of anilines is 1. The first-order valence-electron chi connectivity index (χ1n) is 6.22. The fourth-order valence-electron chi connectivity index (χ4n) is 2.06. The number of rotatable bonds is 5. The molecule has 0 spiro atoms. The molecule has 102 valence electrons. The van der Waals surface area contributed by atoms with Crippen LogP contribution in [0.4, 0.5) is 5.69 Å². The Morgan fingerprint density at radius 2 is 2.05 bits per heavy atom. The average molecular weight is 278 g/mol. The number of aromatic nitrogens is 1. The summed E-state index contributed by atoms with van der Waals surface area (Å²) in [6, 6.07) is 9.42. The van der Waals surface area contributed by atoms with E-state index in [0.29, 0.717) is 5.75 Å². The Morgan fingerprint density at radius 3 is 2.79 bits per heavy atom. The summed E-state index contributed by atoms with van der Waals surface area (Å²) >= 11 is 0. The lowest BCUT2D eigenvalue weighted by molar-refractivity contribution is 0.685. The van der Waals surface area contributed by atoms with E-state index >= 15 is 0 Å². The van der Waals surface area contributed by atoms with Crippen molar-refractivity contribution in [1.29, 1.82) is 0 Å². The number of pyridine rings is 1. The van der Waals surface area contributed by atoms with Gasteiger partial charge in [0.1, 0.15) is 0 Å². The lowest BCUT2D eigenvalue weighted by atomic mass is 10.2. The highest BCUT2D eigenvalue weighted by atomic mass is 32.2. The number of hydrogen-bond acceptors (Lipinski definition) is 3. The Hall–Kier alpha value is -1.62. The highest BCUT2D eigenvalue weighted by Gasteiger charge is 2.05. The molecule has 0 aliphatic carbocycles. The molecule has 4 nitrogen and oxygen atoms in total. The Bertz CT molecular complexity index is 664. The molecular formula is C14H18N2O2S. The van der Waals surface area contributed by atoms with Gasteiger partial charge < -0.3 is 9.88 Å². The zero-order valence-corrected chi connectivity index (χ0v) is 12.0. The zero-order chi connectivity index (χ0) is 13.8. The number of fused-ring (bicyclic) bond motifs is 1. The molecule has 0 aliphatic heterocycles. The average Bonchev–Trinajstić information content (AvgIpc) is 2.40. The van der Waals surface area contributed by atoms with Crippen LogP contribution in [0.5, 0.6) is 0 Å². The highest BCUT2D eigenvalue weighted by Crippen LogP contribution is 2.20. The molecule has 1 heterocycles. The first-order chi connectivity index (χ1) is 9.09. The molecule has 0 bridgehead atoms. The third-order valence-electron chi connectivity index (χ3n) is 3.08. The number of nitrogens with zero attached hydrogens (tertiary/aromatic N) is 1. The molecule has 1 atom stereocenters. The molecule has 1 unspecified atom stereocenters. The normalized spacial score (nSPS) is 12.5. The molecule has 0 amide bonds. The molecule has 1 N–H and O–H groups in total. The van der Waals surface area contributed by atoms with Crippen molar-refractivity contribution in [2.75, 3.05) is 23.9 Å². The second kappa shape index (κ2) is 6.02. The Labute approximate surface area is 114 Å². The van der Waals surface area contributed by atoms with Crippen molar-refractivity contribution in [3.05, 3.63) is 40.7 Å². The van der Waals surface area contributed by atoms with Crippen LogP contribution in [-0.2, 0) is 17.8 Å². The van der Waals surface area contributed by atoms with Gasteiger partial charge in [-0.15, -0.1) is 0 Å². The van der Waals surface area contributed by atoms with Gasteiger partial charge in [-0.25, -0.2) is 0 Å². The maximum absolute atomic E-state index is 11.9. The second-order valence-electron chi connectivity index (χ2n) is 4.53. The van der Waals surface area contributed by atoms with E-state index in [1.54, 1.807) is 23.9 Å². The second-order valence-corrected chi connectivity index (χ2v) is 6.08.